The Balaban J connectivity index is 2.20. The summed E-state index contributed by atoms with van der Waals surface area (Å²) in [4.78, 5) is 10.5. The number of benzene rings is 2. The van der Waals surface area contributed by atoms with E-state index in [4.69, 9.17) is 9.84 Å². The fourth-order valence-electron chi connectivity index (χ4n) is 1.88. The van der Waals surface area contributed by atoms with Crippen molar-refractivity contribution in [1.29, 1.82) is 0 Å². The van der Waals surface area contributed by atoms with E-state index in [1.54, 1.807) is 37.3 Å². The van der Waals surface area contributed by atoms with E-state index in [2.05, 4.69) is 0 Å². The van der Waals surface area contributed by atoms with E-state index in [-0.39, 0.29) is 5.82 Å². The van der Waals surface area contributed by atoms with E-state index in [0.29, 0.717) is 17.1 Å². The highest BCUT2D eigenvalue weighted by Gasteiger charge is 2.03. The van der Waals surface area contributed by atoms with Gasteiger partial charge in [0.25, 0.3) is 0 Å². The molecule has 0 aromatic heterocycles. The second-order valence-electron chi connectivity index (χ2n) is 4.70. The standard InChI is InChI=1S/C17H15FO3/c1-11-9-14(5-3-13(11)4-8-17(19)20)21-15-6-7-16(18)12(2)10-15/h3-10H,1-2H3,(H,19,20)/b8-4+. The van der Waals surface area contributed by atoms with Gasteiger partial charge >= 0.3 is 5.97 Å². The van der Waals surface area contributed by atoms with Gasteiger partial charge in [0, 0.05) is 6.08 Å². The Bertz CT molecular complexity index is 705. The first-order valence-electron chi connectivity index (χ1n) is 6.41. The SMILES string of the molecule is Cc1cc(Oc2ccc(/C=C/C(=O)O)c(C)c2)ccc1F. The lowest BCUT2D eigenvalue weighted by Gasteiger charge is -2.09. The van der Waals surface area contributed by atoms with Crippen LogP contribution in [-0.4, -0.2) is 11.1 Å². The summed E-state index contributed by atoms with van der Waals surface area (Å²) in [6.07, 6.45) is 2.62. The summed E-state index contributed by atoms with van der Waals surface area (Å²) >= 11 is 0. The summed E-state index contributed by atoms with van der Waals surface area (Å²) < 4.78 is 18.9. The molecule has 2 rings (SSSR count). The van der Waals surface area contributed by atoms with Crippen LogP contribution in [0.15, 0.2) is 42.5 Å². The number of carbonyl (C=O) groups is 1. The van der Waals surface area contributed by atoms with Crippen LogP contribution in [0, 0.1) is 19.7 Å². The summed E-state index contributed by atoms with van der Waals surface area (Å²) in [5.41, 5.74) is 2.22. The van der Waals surface area contributed by atoms with Crippen LogP contribution in [-0.2, 0) is 4.79 Å². The van der Waals surface area contributed by atoms with Gasteiger partial charge in [-0.3, -0.25) is 0 Å². The Hall–Kier alpha value is -2.62. The molecule has 4 heteroatoms. The predicted octanol–water partition coefficient (Wildman–Crippen LogP) is 4.33. The van der Waals surface area contributed by atoms with E-state index in [1.165, 1.54) is 12.1 Å². The minimum Gasteiger partial charge on any atom is -0.478 e. The molecule has 2 aromatic carbocycles. The molecule has 108 valence electrons. The fraction of sp³-hybridized carbons (Fsp3) is 0.118. The van der Waals surface area contributed by atoms with Crippen molar-refractivity contribution in [3.05, 3.63) is 65.0 Å². The van der Waals surface area contributed by atoms with Crippen molar-refractivity contribution in [2.24, 2.45) is 0 Å². The van der Waals surface area contributed by atoms with Gasteiger partial charge < -0.3 is 9.84 Å². The largest absolute Gasteiger partial charge is 0.478 e. The van der Waals surface area contributed by atoms with Gasteiger partial charge in [0.1, 0.15) is 17.3 Å². The zero-order chi connectivity index (χ0) is 15.4. The zero-order valence-electron chi connectivity index (χ0n) is 11.8. The monoisotopic (exact) mass is 286 g/mol. The van der Waals surface area contributed by atoms with Gasteiger partial charge in [0.15, 0.2) is 0 Å². The molecule has 3 nitrogen and oxygen atoms in total. The Morgan fingerprint density at radius 1 is 1.10 bits per heavy atom. The third-order valence-electron chi connectivity index (χ3n) is 3.01. The van der Waals surface area contributed by atoms with Crippen LogP contribution in [0.3, 0.4) is 0 Å². The first-order chi connectivity index (χ1) is 9.95. The number of carboxylic acid groups (broad SMARTS) is 1. The molecule has 0 atom stereocenters. The summed E-state index contributed by atoms with van der Waals surface area (Å²) in [6, 6.07) is 9.88. The molecule has 21 heavy (non-hydrogen) atoms. The second kappa shape index (κ2) is 6.22. The number of carboxylic acids is 1. The number of aliphatic carboxylic acids is 1. The van der Waals surface area contributed by atoms with Crippen LogP contribution in [0.1, 0.15) is 16.7 Å². The Morgan fingerprint density at radius 2 is 1.71 bits per heavy atom. The molecular formula is C17H15FO3. The summed E-state index contributed by atoms with van der Waals surface area (Å²) in [5, 5.41) is 8.62. The lowest BCUT2D eigenvalue weighted by molar-refractivity contribution is -0.131. The molecule has 1 N–H and O–H groups in total. The van der Waals surface area contributed by atoms with Crippen molar-refractivity contribution < 1.29 is 19.0 Å². The normalized spacial score (nSPS) is 10.8. The van der Waals surface area contributed by atoms with E-state index in [9.17, 15) is 9.18 Å². The second-order valence-corrected chi connectivity index (χ2v) is 4.70. The maximum atomic E-state index is 13.2. The number of hydrogen-bond acceptors (Lipinski definition) is 2. The number of hydrogen-bond donors (Lipinski definition) is 1. The van der Waals surface area contributed by atoms with Crippen LogP contribution >= 0.6 is 0 Å². The predicted molar refractivity (Wildman–Crippen MR) is 79.1 cm³/mol. The summed E-state index contributed by atoms with van der Waals surface area (Å²) in [7, 11) is 0. The Morgan fingerprint density at radius 3 is 2.29 bits per heavy atom. The summed E-state index contributed by atoms with van der Waals surface area (Å²) in [6.45, 7) is 3.54. The number of halogens is 1. The molecule has 2 aromatic rings. The third kappa shape index (κ3) is 3.92. The fourth-order valence-corrected chi connectivity index (χ4v) is 1.88. The maximum absolute atomic E-state index is 13.2. The maximum Gasteiger partial charge on any atom is 0.328 e. The molecule has 0 fully saturated rings. The van der Waals surface area contributed by atoms with E-state index in [0.717, 1.165) is 17.2 Å². The van der Waals surface area contributed by atoms with E-state index in [1.807, 2.05) is 6.92 Å². The van der Waals surface area contributed by atoms with Crippen LogP contribution in [0.25, 0.3) is 6.08 Å². The first kappa shape index (κ1) is 14.8. The Kier molecular flexibility index (Phi) is 4.38. The quantitative estimate of drug-likeness (QED) is 0.851. The van der Waals surface area contributed by atoms with Crippen LogP contribution < -0.4 is 4.74 Å². The van der Waals surface area contributed by atoms with Crippen LogP contribution in [0.5, 0.6) is 11.5 Å². The molecule has 0 radical (unpaired) electrons. The molecule has 0 aliphatic heterocycles. The molecule has 0 saturated heterocycles. The van der Waals surface area contributed by atoms with Crippen LogP contribution in [0.2, 0.25) is 0 Å². The van der Waals surface area contributed by atoms with Crippen molar-refractivity contribution in [1.82, 2.24) is 0 Å². The van der Waals surface area contributed by atoms with Crippen molar-refractivity contribution in [2.75, 3.05) is 0 Å². The average Bonchev–Trinajstić information content (AvgIpc) is 2.42. The van der Waals surface area contributed by atoms with Crippen molar-refractivity contribution >= 4 is 12.0 Å². The molecule has 0 amide bonds. The van der Waals surface area contributed by atoms with Crippen molar-refractivity contribution in [2.45, 2.75) is 13.8 Å². The lowest BCUT2D eigenvalue weighted by atomic mass is 10.1. The van der Waals surface area contributed by atoms with Gasteiger partial charge in [-0.05, 0) is 66.9 Å². The van der Waals surface area contributed by atoms with E-state index >= 15 is 0 Å². The number of ether oxygens (including phenoxy) is 1. The zero-order valence-corrected chi connectivity index (χ0v) is 11.8. The van der Waals surface area contributed by atoms with Crippen molar-refractivity contribution in [3.8, 4) is 11.5 Å². The van der Waals surface area contributed by atoms with Gasteiger partial charge in [-0.1, -0.05) is 6.07 Å². The number of rotatable bonds is 4. The molecule has 0 aliphatic rings. The summed E-state index contributed by atoms with van der Waals surface area (Å²) in [5.74, 6) is -0.0858. The van der Waals surface area contributed by atoms with Gasteiger partial charge in [-0.2, -0.15) is 0 Å². The van der Waals surface area contributed by atoms with Gasteiger partial charge in [0.2, 0.25) is 0 Å². The highest BCUT2D eigenvalue weighted by Crippen LogP contribution is 2.25. The molecule has 0 saturated carbocycles. The molecule has 0 spiro atoms. The molecule has 0 unspecified atom stereocenters. The topological polar surface area (TPSA) is 46.5 Å². The van der Waals surface area contributed by atoms with Gasteiger partial charge in [-0.15, -0.1) is 0 Å². The Labute approximate surface area is 122 Å². The van der Waals surface area contributed by atoms with E-state index < -0.39 is 5.97 Å². The van der Waals surface area contributed by atoms with Gasteiger partial charge in [0.05, 0.1) is 0 Å². The minimum absolute atomic E-state index is 0.271. The highest BCUT2D eigenvalue weighted by atomic mass is 19.1. The molecular weight excluding hydrogens is 271 g/mol. The molecule has 0 heterocycles. The first-order valence-corrected chi connectivity index (χ1v) is 6.41. The van der Waals surface area contributed by atoms with Crippen molar-refractivity contribution in [3.63, 3.8) is 0 Å². The lowest BCUT2D eigenvalue weighted by Crippen LogP contribution is -1.90. The third-order valence-corrected chi connectivity index (χ3v) is 3.01. The van der Waals surface area contributed by atoms with Crippen LogP contribution in [0.4, 0.5) is 4.39 Å². The average molecular weight is 286 g/mol. The molecule has 0 bridgehead atoms. The smallest absolute Gasteiger partial charge is 0.328 e. The van der Waals surface area contributed by atoms with Gasteiger partial charge in [-0.25, -0.2) is 9.18 Å². The number of aryl methyl sites for hydroxylation is 2. The molecule has 0 aliphatic carbocycles. The highest BCUT2D eigenvalue weighted by molar-refractivity contribution is 5.85. The minimum atomic E-state index is -0.989.